The number of hydrogen-bond acceptors (Lipinski definition) is 4. The smallest absolute Gasteiger partial charge is 0.123 e. The van der Waals surface area contributed by atoms with E-state index in [1.54, 1.807) is 25.4 Å². The maximum absolute atomic E-state index is 5.15. The number of methoxy groups -OCH3 is 2. The average Bonchev–Trinajstić information content (AvgIpc) is 2.25. The van der Waals surface area contributed by atoms with Gasteiger partial charge in [0, 0.05) is 25.7 Å². The lowest BCUT2D eigenvalue weighted by Crippen LogP contribution is -2.02. The summed E-state index contributed by atoms with van der Waals surface area (Å²) in [7, 11) is 6.99. The minimum atomic E-state index is 0.759. The second-order valence-corrected chi connectivity index (χ2v) is 3.24. The van der Waals surface area contributed by atoms with Crippen molar-refractivity contribution in [3.63, 3.8) is 0 Å². The molecule has 82 valence electrons. The molecule has 1 rings (SSSR count). The van der Waals surface area contributed by atoms with E-state index in [1.807, 2.05) is 32.3 Å². The zero-order valence-corrected chi connectivity index (χ0v) is 9.52. The highest BCUT2D eigenvalue weighted by molar-refractivity contribution is 5.80. The lowest BCUT2D eigenvalue weighted by molar-refractivity contribution is 0.394. The number of nitrogens with zero attached hydrogens (tertiary/aromatic N) is 2. The number of benzene rings is 1. The number of ether oxygens (including phenoxy) is 2. The maximum atomic E-state index is 5.15. The van der Waals surface area contributed by atoms with Crippen LogP contribution < -0.4 is 9.47 Å². The molecule has 0 aromatic heterocycles. The molecule has 0 radical (unpaired) electrons. The SMILES string of the molecule is COc1cc(C=NN(C)C)cc(OC)c1. The molecule has 4 nitrogen and oxygen atoms in total. The van der Waals surface area contributed by atoms with Gasteiger partial charge < -0.3 is 14.5 Å². The molecule has 0 atom stereocenters. The predicted octanol–water partition coefficient (Wildman–Crippen LogP) is 1.60. The van der Waals surface area contributed by atoms with Crippen LogP contribution in [0.5, 0.6) is 11.5 Å². The minimum absolute atomic E-state index is 0.759. The average molecular weight is 208 g/mol. The monoisotopic (exact) mass is 208 g/mol. The van der Waals surface area contributed by atoms with E-state index in [4.69, 9.17) is 9.47 Å². The predicted molar refractivity (Wildman–Crippen MR) is 60.8 cm³/mol. The van der Waals surface area contributed by atoms with Crippen molar-refractivity contribution in [2.45, 2.75) is 0 Å². The normalized spacial score (nSPS) is 10.4. The Morgan fingerprint density at radius 3 is 2.00 bits per heavy atom. The Bertz CT molecular complexity index is 326. The molecule has 0 bridgehead atoms. The summed E-state index contributed by atoms with van der Waals surface area (Å²) in [5.74, 6) is 1.52. The van der Waals surface area contributed by atoms with Crippen LogP contribution >= 0.6 is 0 Å². The summed E-state index contributed by atoms with van der Waals surface area (Å²) in [6, 6.07) is 5.62. The molecule has 0 saturated carbocycles. The van der Waals surface area contributed by atoms with Gasteiger partial charge in [-0.15, -0.1) is 0 Å². The maximum Gasteiger partial charge on any atom is 0.123 e. The molecular formula is C11H16N2O2. The third-order valence-electron chi connectivity index (χ3n) is 1.81. The fourth-order valence-corrected chi connectivity index (χ4v) is 1.09. The van der Waals surface area contributed by atoms with E-state index in [9.17, 15) is 0 Å². The first-order chi connectivity index (χ1) is 7.15. The highest BCUT2D eigenvalue weighted by Gasteiger charge is 1.99. The van der Waals surface area contributed by atoms with Gasteiger partial charge in [0.2, 0.25) is 0 Å². The summed E-state index contributed by atoms with van der Waals surface area (Å²) in [4.78, 5) is 0. The Morgan fingerprint density at radius 1 is 1.07 bits per heavy atom. The molecule has 0 fully saturated rings. The van der Waals surface area contributed by atoms with Crippen molar-refractivity contribution in [1.82, 2.24) is 5.01 Å². The summed E-state index contributed by atoms with van der Waals surface area (Å²) in [6.45, 7) is 0. The van der Waals surface area contributed by atoms with Crippen LogP contribution in [0.15, 0.2) is 23.3 Å². The van der Waals surface area contributed by atoms with Gasteiger partial charge in [-0.1, -0.05) is 0 Å². The van der Waals surface area contributed by atoms with Crippen molar-refractivity contribution in [2.24, 2.45) is 5.10 Å². The van der Waals surface area contributed by atoms with Crippen molar-refractivity contribution in [3.05, 3.63) is 23.8 Å². The van der Waals surface area contributed by atoms with Gasteiger partial charge in [0.05, 0.1) is 20.4 Å². The lowest BCUT2D eigenvalue weighted by Gasteiger charge is -2.06. The Balaban J connectivity index is 2.96. The third kappa shape index (κ3) is 3.50. The first-order valence-corrected chi connectivity index (χ1v) is 4.60. The van der Waals surface area contributed by atoms with Crippen LogP contribution in [0.25, 0.3) is 0 Å². The summed E-state index contributed by atoms with van der Waals surface area (Å²) in [5.41, 5.74) is 0.944. The Hall–Kier alpha value is -1.71. The molecule has 0 spiro atoms. The molecule has 0 saturated heterocycles. The second kappa shape index (κ2) is 5.24. The highest BCUT2D eigenvalue weighted by Crippen LogP contribution is 2.21. The van der Waals surface area contributed by atoms with Crippen LogP contribution in [0.1, 0.15) is 5.56 Å². The molecule has 0 N–H and O–H groups in total. The summed E-state index contributed by atoms with van der Waals surface area (Å²) in [6.07, 6.45) is 1.76. The van der Waals surface area contributed by atoms with Gasteiger partial charge in [0.25, 0.3) is 0 Å². The molecule has 0 aliphatic heterocycles. The lowest BCUT2D eigenvalue weighted by atomic mass is 10.2. The Labute approximate surface area is 90.1 Å². The van der Waals surface area contributed by atoms with Crippen molar-refractivity contribution in [2.75, 3.05) is 28.3 Å². The van der Waals surface area contributed by atoms with E-state index in [-0.39, 0.29) is 0 Å². The first-order valence-electron chi connectivity index (χ1n) is 4.60. The molecule has 1 aromatic carbocycles. The van der Waals surface area contributed by atoms with Crippen LogP contribution in [-0.4, -0.2) is 39.5 Å². The van der Waals surface area contributed by atoms with Crippen LogP contribution in [0.4, 0.5) is 0 Å². The minimum Gasteiger partial charge on any atom is -0.497 e. The fourth-order valence-electron chi connectivity index (χ4n) is 1.09. The third-order valence-corrected chi connectivity index (χ3v) is 1.81. The number of hydrogen-bond donors (Lipinski definition) is 0. The zero-order valence-electron chi connectivity index (χ0n) is 9.52. The van der Waals surface area contributed by atoms with Crippen molar-refractivity contribution < 1.29 is 9.47 Å². The van der Waals surface area contributed by atoms with E-state index in [2.05, 4.69) is 5.10 Å². The molecule has 0 amide bonds. The van der Waals surface area contributed by atoms with E-state index in [0.717, 1.165) is 17.1 Å². The molecular weight excluding hydrogens is 192 g/mol. The van der Waals surface area contributed by atoms with Crippen molar-refractivity contribution in [1.29, 1.82) is 0 Å². The number of hydrazone groups is 1. The number of rotatable bonds is 4. The summed E-state index contributed by atoms with van der Waals surface area (Å²) in [5, 5.41) is 5.87. The molecule has 1 aromatic rings. The Kier molecular flexibility index (Phi) is 3.97. The van der Waals surface area contributed by atoms with Gasteiger partial charge in [-0.25, -0.2) is 0 Å². The first kappa shape index (κ1) is 11.4. The van der Waals surface area contributed by atoms with Gasteiger partial charge in [-0.05, 0) is 12.1 Å². The molecule has 15 heavy (non-hydrogen) atoms. The van der Waals surface area contributed by atoms with Gasteiger partial charge in [0.1, 0.15) is 11.5 Å². The van der Waals surface area contributed by atoms with Crippen LogP contribution in [-0.2, 0) is 0 Å². The van der Waals surface area contributed by atoms with E-state index in [0.29, 0.717) is 0 Å². The molecule has 0 aliphatic carbocycles. The van der Waals surface area contributed by atoms with E-state index in [1.165, 1.54) is 0 Å². The molecule has 0 aliphatic rings. The van der Waals surface area contributed by atoms with E-state index >= 15 is 0 Å². The van der Waals surface area contributed by atoms with Gasteiger partial charge in [0.15, 0.2) is 0 Å². The summed E-state index contributed by atoms with van der Waals surface area (Å²) >= 11 is 0. The summed E-state index contributed by atoms with van der Waals surface area (Å²) < 4.78 is 10.3. The van der Waals surface area contributed by atoms with Gasteiger partial charge in [-0.2, -0.15) is 5.10 Å². The topological polar surface area (TPSA) is 34.1 Å². The van der Waals surface area contributed by atoms with Crippen molar-refractivity contribution >= 4 is 6.21 Å². The highest BCUT2D eigenvalue weighted by atomic mass is 16.5. The second-order valence-electron chi connectivity index (χ2n) is 3.24. The molecule has 0 unspecified atom stereocenters. The Morgan fingerprint density at radius 2 is 1.60 bits per heavy atom. The van der Waals surface area contributed by atoms with Crippen LogP contribution in [0.3, 0.4) is 0 Å². The zero-order chi connectivity index (χ0) is 11.3. The fraction of sp³-hybridized carbons (Fsp3) is 0.364. The van der Waals surface area contributed by atoms with Crippen LogP contribution in [0.2, 0.25) is 0 Å². The quantitative estimate of drug-likeness (QED) is 0.556. The van der Waals surface area contributed by atoms with Crippen molar-refractivity contribution in [3.8, 4) is 11.5 Å². The largest absolute Gasteiger partial charge is 0.497 e. The van der Waals surface area contributed by atoms with Crippen LogP contribution in [0, 0.1) is 0 Å². The van der Waals surface area contributed by atoms with Gasteiger partial charge in [-0.3, -0.25) is 0 Å². The van der Waals surface area contributed by atoms with E-state index < -0.39 is 0 Å². The standard InChI is InChI=1S/C11H16N2O2/c1-13(2)12-8-9-5-10(14-3)7-11(6-9)15-4/h5-8H,1-4H3. The molecule has 0 heterocycles. The van der Waals surface area contributed by atoms with Gasteiger partial charge >= 0.3 is 0 Å². The molecule has 4 heteroatoms.